The molecule has 23 heavy (non-hydrogen) atoms. The fraction of sp³-hybridized carbons (Fsp3) is 0.250. The van der Waals surface area contributed by atoms with Crippen molar-refractivity contribution in [1.82, 2.24) is 0 Å². The Morgan fingerprint density at radius 3 is 1.74 bits per heavy atom. The van der Waals surface area contributed by atoms with Gasteiger partial charge in [0.05, 0.1) is 15.3 Å². The highest BCUT2D eigenvalue weighted by molar-refractivity contribution is 8.75. The van der Waals surface area contributed by atoms with E-state index in [9.17, 15) is 0 Å². The summed E-state index contributed by atoms with van der Waals surface area (Å²) >= 11 is 33.1. The zero-order valence-corrected chi connectivity index (χ0v) is 18.1. The van der Waals surface area contributed by atoms with Gasteiger partial charge in [-0.15, -0.1) is 11.4 Å². The molecule has 0 aliphatic carbocycles. The van der Waals surface area contributed by atoms with E-state index in [0.717, 1.165) is 16.4 Å². The van der Waals surface area contributed by atoms with E-state index in [1.165, 1.54) is 0 Å². The van der Waals surface area contributed by atoms with Crippen molar-refractivity contribution in [3.05, 3.63) is 56.5 Å². The lowest BCUT2D eigenvalue weighted by Gasteiger charge is -2.26. The summed E-state index contributed by atoms with van der Waals surface area (Å²) in [5.41, 5.74) is 0. The third-order valence-corrected chi connectivity index (χ3v) is 12.5. The Kier molecular flexibility index (Phi) is 7.21. The summed E-state index contributed by atoms with van der Waals surface area (Å²) in [5.74, 6) is 1.40. The van der Waals surface area contributed by atoms with Crippen molar-refractivity contribution in [1.29, 1.82) is 0 Å². The van der Waals surface area contributed by atoms with Crippen LogP contribution in [0.5, 0.6) is 0 Å². The van der Waals surface area contributed by atoms with Crippen LogP contribution in [0.3, 0.4) is 0 Å². The average Bonchev–Trinajstić information content (AvgIpc) is 2.49. The van der Waals surface area contributed by atoms with E-state index in [1.54, 1.807) is 35.6 Å². The van der Waals surface area contributed by atoms with Gasteiger partial charge in [0.1, 0.15) is 0 Å². The zero-order valence-electron chi connectivity index (χ0n) is 12.5. The van der Waals surface area contributed by atoms with Gasteiger partial charge in [-0.2, -0.15) is 0 Å². The summed E-state index contributed by atoms with van der Waals surface area (Å²) in [4.78, 5) is 0. The van der Waals surface area contributed by atoms with Crippen LogP contribution in [0.4, 0.5) is 0 Å². The normalized spacial score (nSPS) is 12.0. The van der Waals surface area contributed by atoms with Crippen LogP contribution in [0.1, 0.15) is 13.8 Å². The van der Waals surface area contributed by atoms with Gasteiger partial charge >= 0.3 is 0 Å². The van der Waals surface area contributed by atoms with E-state index in [-0.39, 0.29) is 0 Å². The van der Waals surface area contributed by atoms with Gasteiger partial charge in [0, 0.05) is 26.4 Å². The SMILES string of the molecule is CC(C)CSP(=S)(c1cc(Cl)ccc1Cl)c1cc(Cl)ccc1Cl. The van der Waals surface area contributed by atoms with Crippen LogP contribution in [-0.2, 0) is 11.8 Å². The molecule has 0 spiro atoms. The Morgan fingerprint density at radius 1 is 0.913 bits per heavy atom. The van der Waals surface area contributed by atoms with Gasteiger partial charge in [-0.05, 0) is 42.3 Å². The molecule has 0 aliphatic rings. The van der Waals surface area contributed by atoms with Gasteiger partial charge in [-0.1, -0.05) is 72.1 Å². The highest BCUT2D eigenvalue weighted by atomic mass is 35.5. The van der Waals surface area contributed by atoms with E-state index in [2.05, 4.69) is 13.8 Å². The molecular formula is C16H15Cl4PS2. The number of hydrogen-bond acceptors (Lipinski definition) is 2. The minimum atomic E-state index is -2.29. The van der Waals surface area contributed by atoms with Crippen LogP contribution in [0.25, 0.3) is 0 Å². The number of halogens is 4. The summed E-state index contributed by atoms with van der Waals surface area (Å²) in [6.45, 7) is 4.32. The number of rotatable bonds is 5. The molecule has 0 N–H and O–H groups in total. The van der Waals surface area contributed by atoms with Crippen molar-refractivity contribution in [2.75, 3.05) is 5.75 Å². The van der Waals surface area contributed by atoms with Gasteiger partial charge in [-0.25, -0.2) is 0 Å². The highest BCUT2D eigenvalue weighted by Gasteiger charge is 2.28. The molecule has 0 heterocycles. The Balaban J connectivity index is 2.67. The van der Waals surface area contributed by atoms with Crippen LogP contribution < -0.4 is 10.6 Å². The summed E-state index contributed by atoms with van der Waals surface area (Å²) in [5, 5.41) is 1.91. The zero-order chi connectivity index (χ0) is 17.2. The molecule has 0 saturated carbocycles. The molecule has 7 heteroatoms. The van der Waals surface area contributed by atoms with Crippen LogP contribution >= 0.6 is 63.0 Å². The third kappa shape index (κ3) is 4.82. The van der Waals surface area contributed by atoms with E-state index < -0.39 is 5.24 Å². The third-order valence-electron chi connectivity index (χ3n) is 3.04. The molecule has 0 aromatic heterocycles. The highest BCUT2D eigenvalue weighted by Crippen LogP contribution is 2.60. The predicted octanol–water partition coefficient (Wildman–Crippen LogP) is 7.03. The van der Waals surface area contributed by atoms with Crippen molar-refractivity contribution in [2.24, 2.45) is 5.92 Å². The van der Waals surface area contributed by atoms with Gasteiger partial charge in [0.2, 0.25) is 0 Å². The lowest BCUT2D eigenvalue weighted by atomic mass is 10.3. The summed E-state index contributed by atoms with van der Waals surface area (Å²) in [7, 11) is 0. The summed E-state index contributed by atoms with van der Waals surface area (Å²) in [6, 6.07) is 10.8. The van der Waals surface area contributed by atoms with Crippen LogP contribution in [0.15, 0.2) is 36.4 Å². The molecule has 0 fully saturated rings. The second-order valence-corrected chi connectivity index (χ2v) is 14.5. The second kappa shape index (κ2) is 8.32. The minimum Gasteiger partial charge on any atom is -0.115 e. The molecule has 0 atom stereocenters. The molecular weight excluding hydrogens is 429 g/mol. The Labute approximate surface area is 166 Å². The van der Waals surface area contributed by atoms with Crippen LogP contribution in [0, 0.1) is 5.92 Å². The predicted molar refractivity (Wildman–Crippen MR) is 114 cm³/mol. The molecule has 2 rings (SSSR count). The lowest BCUT2D eigenvalue weighted by Crippen LogP contribution is -2.17. The van der Waals surface area contributed by atoms with E-state index >= 15 is 0 Å². The van der Waals surface area contributed by atoms with Gasteiger partial charge in [0.15, 0.2) is 0 Å². The molecule has 0 radical (unpaired) electrons. The van der Waals surface area contributed by atoms with Crippen molar-refractivity contribution in [2.45, 2.75) is 13.8 Å². The first-order valence-corrected chi connectivity index (χ1v) is 12.8. The van der Waals surface area contributed by atoms with E-state index in [4.69, 9.17) is 58.2 Å². The topological polar surface area (TPSA) is 0 Å². The fourth-order valence-electron chi connectivity index (χ4n) is 1.95. The summed E-state index contributed by atoms with van der Waals surface area (Å²) < 4.78 is 0. The van der Waals surface area contributed by atoms with Crippen molar-refractivity contribution in [3.63, 3.8) is 0 Å². The Hall–Kier alpha value is 0.600. The Bertz CT molecular complexity index is 706. The second-order valence-electron chi connectivity index (χ2n) is 5.43. The van der Waals surface area contributed by atoms with E-state index in [0.29, 0.717) is 26.0 Å². The standard InChI is InChI=1S/C16H15Cl4PS2/c1-10(2)9-23-21(22,15-7-11(17)3-5-13(15)19)16-8-12(18)4-6-14(16)20/h3-8,10H,9H2,1-2H3. The maximum Gasteiger partial charge on any atom is 0.0643 e. The van der Waals surface area contributed by atoms with Crippen LogP contribution in [0.2, 0.25) is 20.1 Å². The number of benzene rings is 2. The smallest absolute Gasteiger partial charge is 0.0643 e. The first-order chi connectivity index (χ1) is 10.7. The Morgan fingerprint density at radius 2 is 1.35 bits per heavy atom. The average molecular weight is 444 g/mol. The molecule has 0 nitrogen and oxygen atoms in total. The summed E-state index contributed by atoms with van der Waals surface area (Å²) in [6.07, 6.45) is 0. The maximum atomic E-state index is 6.45. The minimum absolute atomic E-state index is 0.498. The number of hydrogen-bond donors (Lipinski definition) is 0. The maximum absolute atomic E-state index is 6.45. The lowest BCUT2D eigenvalue weighted by molar-refractivity contribution is 0.752. The largest absolute Gasteiger partial charge is 0.115 e. The van der Waals surface area contributed by atoms with Gasteiger partial charge in [-0.3, -0.25) is 0 Å². The fourth-order valence-corrected chi connectivity index (χ4v) is 11.1. The van der Waals surface area contributed by atoms with Crippen molar-refractivity contribution < 1.29 is 0 Å². The molecule has 2 aromatic rings. The van der Waals surface area contributed by atoms with Crippen molar-refractivity contribution in [3.8, 4) is 0 Å². The molecule has 0 amide bonds. The van der Waals surface area contributed by atoms with Crippen LogP contribution in [-0.4, -0.2) is 5.75 Å². The monoisotopic (exact) mass is 442 g/mol. The molecule has 0 unspecified atom stereocenters. The molecule has 0 bridgehead atoms. The molecule has 0 saturated heterocycles. The van der Waals surface area contributed by atoms with E-state index in [1.807, 2.05) is 12.1 Å². The molecule has 0 aliphatic heterocycles. The van der Waals surface area contributed by atoms with Gasteiger partial charge < -0.3 is 0 Å². The van der Waals surface area contributed by atoms with Crippen molar-refractivity contribution >= 4 is 85.4 Å². The first-order valence-electron chi connectivity index (χ1n) is 6.90. The quantitative estimate of drug-likeness (QED) is 0.454. The van der Waals surface area contributed by atoms with Gasteiger partial charge in [0.25, 0.3) is 0 Å². The first kappa shape index (κ1) is 19.9. The molecule has 2 aromatic carbocycles. The molecule has 124 valence electrons.